The van der Waals surface area contributed by atoms with Gasteiger partial charge >= 0.3 is 0 Å². The topological polar surface area (TPSA) is 58.4 Å². The van der Waals surface area contributed by atoms with Gasteiger partial charge in [0.25, 0.3) is 0 Å². The highest BCUT2D eigenvalue weighted by molar-refractivity contribution is 5.63. The van der Waals surface area contributed by atoms with Crippen LogP contribution in [0.3, 0.4) is 0 Å². The Kier molecular flexibility index (Phi) is 2.64. The van der Waals surface area contributed by atoms with Crippen molar-refractivity contribution in [2.45, 2.75) is 13.3 Å². The van der Waals surface area contributed by atoms with Crippen LogP contribution in [0.5, 0.6) is 0 Å². The normalized spacial score (nSPS) is 16.6. The fourth-order valence-electron chi connectivity index (χ4n) is 2.20. The fourth-order valence-corrected chi connectivity index (χ4v) is 2.20. The zero-order valence-corrected chi connectivity index (χ0v) is 9.93. The molecule has 6 heteroatoms. The largest absolute Gasteiger partial charge is 0.351 e. The molecule has 1 aliphatic rings. The smallest absolute Gasteiger partial charge is 0.203 e. The molecule has 0 bridgehead atoms. The van der Waals surface area contributed by atoms with Crippen molar-refractivity contribution in [1.82, 2.24) is 24.9 Å². The summed E-state index contributed by atoms with van der Waals surface area (Å²) in [4.78, 5) is 6.72. The third-order valence-electron chi connectivity index (χ3n) is 3.11. The van der Waals surface area contributed by atoms with Crippen LogP contribution in [0.2, 0.25) is 0 Å². The van der Waals surface area contributed by atoms with Crippen molar-refractivity contribution in [1.29, 1.82) is 0 Å². The van der Waals surface area contributed by atoms with Crippen molar-refractivity contribution in [2.75, 3.05) is 31.1 Å². The van der Waals surface area contributed by atoms with Gasteiger partial charge in [0.2, 0.25) is 5.65 Å². The molecule has 0 saturated carbocycles. The van der Waals surface area contributed by atoms with E-state index in [0.29, 0.717) is 0 Å². The monoisotopic (exact) mass is 232 g/mol. The summed E-state index contributed by atoms with van der Waals surface area (Å²) in [5.74, 6) is 1.93. The summed E-state index contributed by atoms with van der Waals surface area (Å²) in [6.45, 7) is 6.03. The number of hydrogen-bond acceptors (Lipinski definition) is 5. The van der Waals surface area contributed by atoms with Gasteiger partial charge in [-0.3, -0.25) is 4.40 Å². The van der Waals surface area contributed by atoms with E-state index in [4.69, 9.17) is 0 Å². The molecule has 1 fully saturated rings. The highest BCUT2D eigenvalue weighted by Gasteiger charge is 2.17. The molecular weight excluding hydrogens is 216 g/mol. The van der Waals surface area contributed by atoms with Crippen LogP contribution in [0.15, 0.2) is 12.4 Å². The molecule has 0 aliphatic carbocycles. The quantitative estimate of drug-likeness (QED) is 0.795. The molecule has 0 radical (unpaired) electrons. The lowest BCUT2D eigenvalue weighted by atomic mass is 10.3. The van der Waals surface area contributed by atoms with E-state index >= 15 is 0 Å². The van der Waals surface area contributed by atoms with Crippen LogP contribution >= 0.6 is 0 Å². The molecule has 0 unspecified atom stereocenters. The van der Waals surface area contributed by atoms with E-state index in [1.807, 2.05) is 16.8 Å². The number of nitrogens with one attached hydrogen (secondary N) is 1. The molecule has 6 nitrogen and oxygen atoms in total. The number of aryl methyl sites for hydroxylation is 1. The van der Waals surface area contributed by atoms with Crippen LogP contribution in [0.25, 0.3) is 5.65 Å². The second-order valence-corrected chi connectivity index (χ2v) is 4.15. The zero-order valence-electron chi connectivity index (χ0n) is 9.93. The van der Waals surface area contributed by atoms with E-state index in [1.54, 1.807) is 0 Å². The number of fused-ring (bicyclic) bond motifs is 1. The van der Waals surface area contributed by atoms with Gasteiger partial charge in [0.05, 0.1) is 0 Å². The Balaban J connectivity index is 2.06. The lowest BCUT2D eigenvalue weighted by molar-refractivity contribution is 0.585. The Labute approximate surface area is 99.7 Å². The Morgan fingerprint density at radius 3 is 2.88 bits per heavy atom. The Bertz CT molecular complexity index is 514. The summed E-state index contributed by atoms with van der Waals surface area (Å²) in [5, 5.41) is 11.8. The molecule has 0 amide bonds. The van der Waals surface area contributed by atoms with Gasteiger partial charge in [-0.15, -0.1) is 10.2 Å². The maximum Gasteiger partial charge on any atom is 0.203 e. The summed E-state index contributed by atoms with van der Waals surface area (Å²) in [7, 11) is 0. The molecule has 17 heavy (non-hydrogen) atoms. The van der Waals surface area contributed by atoms with Crippen LogP contribution in [-0.2, 0) is 6.42 Å². The molecule has 0 atom stereocenters. The van der Waals surface area contributed by atoms with Gasteiger partial charge in [0.1, 0.15) is 5.82 Å². The van der Waals surface area contributed by atoms with Gasteiger partial charge in [-0.1, -0.05) is 6.92 Å². The second-order valence-electron chi connectivity index (χ2n) is 4.15. The second kappa shape index (κ2) is 4.29. The van der Waals surface area contributed by atoms with E-state index in [1.165, 1.54) is 0 Å². The highest BCUT2D eigenvalue weighted by Crippen LogP contribution is 2.17. The number of anilines is 1. The van der Waals surface area contributed by atoms with Gasteiger partial charge in [-0.2, -0.15) is 0 Å². The molecule has 1 aliphatic heterocycles. The zero-order chi connectivity index (χ0) is 11.7. The van der Waals surface area contributed by atoms with Gasteiger partial charge < -0.3 is 10.2 Å². The Morgan fingerprint density at radius 2 is 2.12 bits per heavy atom. The van der Waals surface area contributed by atoms with Crippen LogP contribution < -0.4 is 10.2 Å². The molecule has 0 spiro atoms. The molecular formula is C11H16N6. The predicted molar refractivity (Wildman–Crippen MR) is 65.2 cm³/mol. The third kappa shape index (κ3) is 1.74. The average Bonchev–Trinajstić information content (AvgIpc) is 2.82. The molecule has 90 valence electrons. The summed E-state index contributed by atoms with van der Waals surface area (Å²) >= 11 is 0. The minimum atomic E-state index is 0.867. The van der Waals surface area contributed by atoms with Crippen LogP contribution in [-0.4, -0.2) is 45.8 Å². The van der Waals surface area contributed by atoms with E-state index in [0.717, 1.165) is 49.9 Å². The first kappa shape index (κ1) is 10.5. The van der Waals surface area contributed by atoms with Crippen molar-refractivity contribution in [3.8, 4) is 0 Å². The minimum Gasteiger partial charge on any atom is -0.351 e. The van der Waals surface area contributed by atoms with Crippen LogP contribution in [0.4, 0.5) is 5.82 Å². The molecule has 3 rings (SSSR count). The number of nitrogens with zero attached hydrogens (tertiary/aromatic N) is 5. The third-order valence-corrected chi connectivity index (χ3v) is 3.11. The van der Waals surface area contributed by atoms with Crippen molar-refractivity contribution in [3.63, 3.8) is 0 Å². The van der Waals surface area contributed by atoms with Crippen molar-refractivity contribution in [3.05, 3.63) is 18.2 Å². The minimum absolute atomic E-state index is 0.867. The van der Waals surface area contributed by atoms with Crippen LogP contribution in [0, 0.1) is 0 Å². The van der Waals surface area contributed by atoms with Crippen molar-refractivity contribution >= 4 is 11.5 Å². The first-order valence-electron chi connectivity index (χ1n) is 6.04. The first-order valence-corrected chi connectivity index (χ1v) is 6.04. The van der Waals surface area contributed by atoms with Crippen molar-refractivity contribution < 1.29 is 0 Å². The molecule has 1 N–H and O–H groups in total. The van der Waals surface area contributed by atoms with E-state index in [2.05, 4.69) is 32.3 Å². The Hall–Kier alpha value is -1.69. The number of aromatic nitrogens is 4. The van der Waals surface area contributed by atoms with E-state index < -0.39 is 0 Å². The predicted octanol–water partition coefficient (Wildman–Crippen LogP) is 0.0963. The summed E-state index contributed by atoms with van der Waals surface area (Å²) in [6, 6.07) is 0. The number of piperazine rings is 1. The maximum absolute atomic E-state index is 4.45. The molecule has 3 heterocycles. The SMILES string of the molecule is CCc1nnc2c(N3CCNCC3)nccn12. The lowest BCUT2D eigenvalue weighted by Crippen LogP contribution is -2.44. The number of rotatable bonds is 2. The van der Waals surface area contributed by atoms with Gasteiger partial charge in [0, 0.05) is 45.0 Å². The maximum atomic E-state index is 4.45. The summed E-state index contributed by atoms with van der Waals surface area (Å²) < 4.78 is 2.03. The van der Waals surface area contributed by atoms with Gasteiger partial charge in [-0.05, 0) is 0 Å². The van der Waals surface area contributed by atoms with E-state index in [-0.39, 0.29) is 0 Å². The molecule has 2 aromatic heterocycles. The standard InChI is InChI=1S/C11H16N6/c1-2-9-14-15-11-10(13-5-8-17(9)11)16-6-3-12-4-7-16/h5,8,12H,2-4,6-7H2,1H3. The molecule has 0 aromatic carbocycles. The summed E-state index contributed by atoms with van der Waals surface area (Å²) in [5.41, 5.74) is 0.867. The van der Waals surface area contributed by atoms with Gasteiger partial charge in [0.15, 0.2) is 5.82 Å². The Morgan fingerprint density at radius 1 is 1.29 bits per heavy atom. The summed E-state index contributed by atoms with van der Waals surface area (Å²) in [6.07, 6.45) is 4.64. The van der Waals surface area contributed by atoms with Crippen molar-refractivity contribution in [2.24, 2.45) is 0 Å². The first-order chi connectivity index (χ1) is 8.40. The van der Waals surface area contributed by atoms with Gasteiger partial charge in [-0.25, -0.2) is 4.98 Å². The van der Waals surface area contributed by atoms with E-state index in [9.17, 15) is 0 Å². The number of hydrogen-bond donors (Lipinski definition) is 1. The molecule has 2 aromatic rings. The lowest BCUT2D eigenvalue weighted by Gasteiger charge is -2.28. The average molecular weight is 232 g/mol. The highest BCUT2D eigenvalue weighted by atomic mass is 15.3. The molecule has 1 saturated heterocycles. The van der Waals surface area contributed by atoms with Crippen LogP contribution in [0.1, 0.15) is 12.7 Å². The fraction of sp³-hybridized carbons (Fsp3) is 0.545.